The van der Waals surface area contributed by atoms with Gasteiger partial charge in [0.15, 0.2) is 0 Å². The second-order valence-electron chi connectivity index (χ2n) is 9.67. The number of aromatic nitrogens is 2. The summed E-state index contributed by atoms with van der Waals surface area (Å²) in [6.07, 6.45) is 2.85. The molecule has 0 bridgehead atoms. The fourth-order valence-corrected chi connectivity index (χ4v) is 4.95. The van der Waals surface area contributed by atoms with Gasteiger partial charge in [0, 0.05) is 5.88 Å². The third kappa shape index (κ3) is 4.61. The molecule has 0 atom stereocenters. The van der Waals surface area contributed by atoms with E-state index in [-0.39, 0.29) is 11.1 Å². The van der Waals surface area contributed by atoms with Gasteiger partial charge < -0.3 is 5.11 Å². The van der Waals surface area contributed by atoms with E-state index >= 15 is 0 Å². The molecule has 6 rings (SSSR count). The van der Waals surface area contributed by atoms with E-state index in [2.05, 4.69) is 0 Å². The summed E-state index contributed by atoms with van der Waals surface area (Å²) in [4.78, 5) is 41.1. The van der Waals surface area contributed by atoms with Crippen LogP contribution in [0.15, 0.2) is 143 Å². The van der Waals surface area contributed by atoms with Gasteiger partial charge in [0.25, 0.3) is 17.4 Å². The first-order valence-electron chi connectivity index (χ1n) is 13.3. The number of hydrazine groups is 1. The zero-order chi connectivity index (χ0) is 29.2. The van der Waals surface area contributed by atoms with Crippen LogP contribution in [-0.2, 0) is 9.59 Å². The number of benzene rings is 4. The van der Waals surface area contributed by atoms with Crippen molar-refractivity contribution in [3.63, 3.8) is 0 Å². The van der Waals surface area contributed by atoms with E-state index in [4.69, 9.17) is 0 Å². The lowest BCUT2D eigenvalue weighted by molar-refractivity contribution is -0.278. The maximum absolute atomic E-state index is 13.7. The summed E-state index contributed by atoms with van der Waals surface area (Å²) in [6.45, 7) is 1.65. The fraction of sp³-hybridized carbons (Fsp3) is 0.0294. The van der Waals surface area contributed by atoms with Crippen molar-refractivity contribution in [3.8, 4) is 17.3 Å². The summed E-state index contributed by atoms with van der Waals surface area (Å²) in [5, 5.41) is 16.3. The number of allylic oxidation sites excluding steroid dienone is 2. The van der Waals surface area contributed by atoms with Crippen molar-refractivity contribution in [2.75, 3.05) is 10.0 Å². The average molecular weight is 554 g/mol. The number of anilines is 2. The zero-order valence-electron chi connectivity index (χ0n) is 22.6. The standard InChI is InChI=1S/C34H26N4O4/c1-24(22-29-31(39)35(25-14-6-2-7-15-25)36(32(29)40)26-16-8-3-9-17-26)23-30-33(41)37(27-18-10-4-11-19-27)38(34(30)42)28-20-12-5-13-21-28/h2-23,39H,1H3/p-1. The van der Waals surface area contributed by atoms with E-state index in [0.717, 1.165) is 0 Å². The summed E-state index contributed by atoms with van der Waals surface area (Å²) in [7, 11) is 0. The maximum atomic E-state index is 13.7. The highest BCUT2D eigenvalue weighted by Crippen LogP contribution is 2.32. The van der Waals surface area contributed by atoms with Crippen molar-refractivity contribution in [3.05, 3.63) is 154 Å². The van der Waals surface area contributed by atoms with Gasteiger partial charge in [-0.05, 0) is 73.2 Å². The van der Waals surface area contributed by atoms with E-state index in [1.807, 2.05) is 24.3 Å². The minimum Gasteiger partial charge on any atom is -0.858 e. The van der Waals surface area contributed by atoms with Crippen LogP contribution in [0, 0.1) is 0 Å². The lowest BCUT2D eigenvalue weighted by atomic mass is 10.1. The third-order valence-corrected chi connectivity index (χ3v) is 6.84. The Labute approximate surface area is 241 Å². The van der Waals surface area contributed by atoms with E-state index in [0.29, 0.717) is 28.3 Å². The van der Waals surface area contributed by atoms with Crippen molar-refractivity contribution in [1.29, 1.82) is 0 Å². The first-order chi connectivity index (χ1) is 20.5. The van der Waals surface area contributed by atoms with Crippen molar-refractivity contribution >= 4 is 29.3 Å². The summed E-state index contributed by atoms with van der Waals surface area (Å²) in [6, 6.07) is 35.5. The molecule has 1 aromatic heterocycles. The van der Waals surface area contributed by atoms with Crippen LogP contribution in [0.2, 0.25) is 0 Å². The van der Waals surface area contributed by atoms with Crippen molar-refractivity contribution in [2.45, 2.75) is 6.92 Å². The van der Waals surface area contributed by atoms with Gasteiger partial charge in [-0.3, -0.25) is 19.1 Å². The fourth-order valence-electron chi connectivity index (χ4n) is 4.95. The predicted molar refractivity (Wildman–Crippen MR) is 160 cm³/mol. The van der Waals surface area contributed by atoms with E-state index in [1.54, 1.807) is 104 Å². The summed E-state index contributed by atoms with van der Waals surface area (Å²) in [5.74, 6) is -1.56. The smallest absolute Gasteiger partial charge is 0.283 e. The number of hydrogen-bond donors (Lipinski definition) is 0. The van der Waals surface area contributed by atoms with Gasteiger partial charge >= 0.3 is 0 Å². The third-order valence-electron chi connectivity index (χ3n) is 6.84. The number of rotatable bonds is 6. The van der Waals surface area contributed by atoms with Crippen LogP contribution < -0.4 is 20.7 Å². The molecule has 0 N–H and O–H groups in total. The first-order valence-corrected chi connectivity index (χ1v) is 13.3. The van der Waals surface area contributed by atoms with Gasteiger partial charge in [0.2, 0.25) is 0 Å². The molecule has 0 saturated carbocycles. The Kier molecular flexibility index (Phi) is 6.86. The van der Waals surface area contributed by atoms with Crippen LogP contribution in [0.4, 0.5) is 11.4 Å². The monoisotopic (exact) mass is 553 g/mol. The van der Waals surface area contributed by atoms with Gasteiger partial charge in [-0.25, -0.2) is 14.7 Å². The minimum absolute atomic E-state index is 0.0882. The Hall–Kier alpha value is -5.89. The molecule has 0 aliphatic carbocycles. The van der Waals surface area contributed by atoms with Crippen molar-refractivity contribution < 1.29 is 14.7 Å². The maximum Gasteiger partial charge on any atom is 0.283 e. The molecule has 8 heteroatoms. The van der Waals surface area contributed by atoms with Gasteiger partial charge in [0.1, 0.15) is 5.57 Å². The number of para-hydroxylation sites is 4. The molecule has 0 radical (unpaired) electrons. The average Bonchev–Trinajstić information content (AvgIpc) is 3.42. The molecule has 5 aromatic rings. The second kappa shape index (κ2) is 10.9. The molecule has 206 valence electrons. The van der Waals surface area contributed by atoms with Crippen LogP contribution in [-0.4, -0.2) is 21.2 Å². The number of hydrogen-bond acceptors (Lipinski definition) is 4. The number of carbonyl (C=O) groups is 2. The molecule has 2 heterocycles. The summed E-state index contributed by atoms with van der Waals surface area (Å²) >= 11 is 0. The molecule has 0 unspecified atom stereocenters. The predicted octanol–water partition coefficient (Wildman–Crippen LogP) is 5.03. The molecule has 1 aliphatic heterocycles. The van der Waals surface area contributed by atoms with Gasteiger partial charge in [-0.2, -0.15) is 0 Å². The van der Waals surface area contributed by atoms with Crippen molar-refractivity contribution in [2.24, 2.45) is 0 Å². The van der Waals surface area contributed by atoms with E-state index < -0.39 is 23.3 Å². The Morgan fingerprint density at radius 1 is 0.571 bits per heavy atom. The molecule has 8 nitrogen and oxygen atoms in total. The summed E-state index contributed by atoms with van der Waals surface area (Å²) < 4.78 is 2.65. The quantitative estimate of drug-likeness (QED) is 0.218. The lowest BCUT2D eigenvalue weighted by Gasteiger charge is -2.27. The minimum atomic E-state index is -0.520. The first kappa shape index (κ1) is 26.3. The Balaban J connectivity index is 1.46. The van der Waals surface area contributed by atoms with Crippen LogP contribution in [0.25, 0.3) is 17.5 Å². The molecular formula is C34H25N4O4-. The number of amides is 2. The van der Waals surface area contributed by atoms with E-state index in [9.17, 15) is 19.5 Å². The van der Waals surface area contributed by atoms with Crippen LogP contribution in [0.1, 0.15) is 12.5 Å². The number of nitrogens with zero attached hydrogens (tertiary/aromatic N) is 4. The lowest BCUT2D eigenvalue weighted by Crippen LogP contribution is -2.41. The zero-order valence-corrected chi connectivity index (χ0v) is 22.6. The van der Waals surface area contributed by atoms with Crippen LogP contribution >= 0.6 is 0 Å². The highest BCUT2D eigenvalue weighted by Gasteiger charge is 2.42. The molecule has 4 aromatic carbocycles. The highest BCUT2D eigenvalue weighted by molar-refractivity contribution is 6.36. The second-order valence-corrected chi connectivity index (χ2v) is 9.67. The highest BCUT2D eigenvalue weighted by atomic mass is 16.3. The number of carbonyl (C=O) groups excluding carboxylic acids is 2. The Morgan fingerprint density at radius 2 is 0.952 bits per heavy atom. The topological polar surface area (TPSA) is 90.6 Å². The van der Waals surface area contributed by atoms with E-state index in [1.165, 1.54) is 31.5 Å². The molecular weight excluding hydrogens is 528 g/mol. The molecule has 1 saturated heterocycles. The van der Waals surface area contributed by atoms with Gasteiger partial charge in [0.05, 0.1) is 28.3 Å². The van der Waals surface area contributed by atoms with Gasteiger partial charge in [-0.15, -0.1) is 0 Å². The van der Waals surface area contributed by atoms with Crippen LogP contribution in [0.3, 0.4) is 0 Å². The molecule has 42 heavy (non-hydrogen) atoms. The van der Waals surface area contributed by atoms with Crippen molar-refractivity contribution in [1.82, 2.24) is 9.36 Å². The molecule has 0 spiro atoms. The molecule has 2 amide bonds. The van der Waals surface area contributed by atoms with Gasteiger partial charge in [-0.1, -0.05) is 72.8 Å². The molecule has 1 fully saturated rings. The largest absolute Gasteiger partial charge is 0.858 e. The summed E-state index contributed by atoms with van der Waals surface area (Å²) in [5.41, 5.74) is 1.80. The molecule has 1 aliphatic rings. The van der Waals surface area contributed by atoms with Crippen LogP contribution in [0.5, 0.6) is 5.88 Å². The normalized spacial score (nSPS) is 13.6. The Morgan fingerprint density at radius 3 is 1.38 bits per heavy atom. The SMILES string of the molecule is CC(=Cc1c([O-])n(-c2ccccc2)n(-c2ccccc2)c1=O)C=C1C(=O)N(c2ccccc2)N(c2ccccc2)C1=O. The Bertz CT molecular complexity index is 1830.